The maximum absolute atomic E-state index is 13.5. The highest BCUT2D eigenvalue weighted by atomic mass is 19.1. The van der Waals surface area contributed by atoms with E-state index in [1.165, 1.54) is 6.07 Å². The summed E-state index contributed by atoms with van der Waals surface area (Å²) in [6.45, 7) is 7.43. The van der Waals surface area contributed by atoms with Crippen LogP contribution in [0.3, 0.4) is 0 Å². The summed E-state index contributed by atoms with van der Waals surface area (Å²) in [5.74, 6) is 0.436. The summed E-state index contributed by atoms with van der Waals surface area (Å²) in [4.78, 5) is 0. The minimum Gasteiger partial charge on any atom is -0.491 e. The molecule has 3 nitrogen and oxygen atoms in total. The summed E-state index contributed by atoms with van der Waals surface area (Å²) in [5, 5.41) is 3.27. The van der Waals surface area contributed by atoms with Crippen LogP contribution in [0.15, 0.2) is 12.1 Å². The standard InChI is InChI=1S/C14H23FN2O/c1-4-10(5-2)9-17-13-8-14(18-6-3)11(15)7-12(13)16/h7-8,10,17H,4-6,9,16H2,1-3H3. The van der Waals surface area contributed by atoms with Crippen molar-refractivity contribution < 1.29 is 9.13 Å². The Balaban J connectivity index is 2.78. The van der Waals surface area contributed by atoms with Crippen molar-refractivity contribution in [1.82, 2.24) is 0 Å². The van der Waals surface area contributed by atoms with Crippen LogP contribution in [-0.4, -0.2) is 13.2 Å². The van der Waals surface area contributed by atoms with Crippen LogP contribution in [0.25, 0.3) is 0 Å². The summed E-state index contributed by atoms with van der Waals surface area (Å²) in [7, 11) is 0. The minimum atomic E-state index is -0.414. The van der Waals surface area contributed by atoms with E-state index >= 15 is 0 Å². The summed E-state index contributed by atoms with van der Waals surface area (Å²) >= 11 is 0. The van der Waals surface area contributed by atoms with E-state index in [9.17, 15) is 4.39 Å². The van der Waals surface area contributed by atoms with E-state index in [1.54, 1.807) is 6.07 Å². The van der Waals surface area contributed by atoms with Gasteiger partial charge in [-0.25, -0.2) is 4.39 Å². The second-order valence-electron chi connectivity index (χ2n) is 4.37. The van der Waals surface area contributed by atoms with Gasteiger partial charge in [0, 0.05) is 18.7 Å². The molecule has 0 fully saturated rings. The van der Waals surface area contributed by atoms with Gasteiger partial charge in [0.15, 0.2) is 11.6 Å². The van der Waals surface area contributed by atoms with Crippen LogP contribution in [-0.2, 0) is 0 Å². The molecule has 102 valence electrons. The van der Waals surface area contributed by atoms with Crippen molar-refractivity contribution in [1.29, 1.82) is 0 Å². The van der Waals surface area contributed by atoms with Crippen LogP contribution < -0.4 is 15.8 Å². The maximum atomic E-state index is 13.5. The Bertz CT molecular complexity index is 378. The zero-order valence-corrected chi connectivity index (χ0v) is 11.4. The van der Waals surface area contributed by atoms with Gasteiger partial charge in [0.1, 0.15) is 0 Å². The Morgan fingerprint density at radius 1 is 1.28 bits per heavy atom. The Labute approximate surface area is 109 Å². The lowest BCUT2D eigenvalue weighted by molar-refractivity contribution is 0.322. The molecule has 0 saturated carbocycles. The van der Waals surface area contributed by atoms with Crippen LogP contribution >= 0.6 is 0 Å². The predicted molar refractivity (Wildman–Crippen MR) is 74.5 cm³/mol. The molecular weight excluding hydrogens is 231 g/mol. The van der Waals surface area contributed by atoms with Crippen LogP contribution in [0.4, 0.5) is 15.8 Å². The molecule has 0 spiro atoms. The molecule has 0 aliphatic rings. The molecule has 0 saturated heterocycles. The highest BCUT2D eigenvalue weighted by molar-refractivity contribution is 5.68. The summed E-state index contributed by atoms with van der Waals surface area (Å²) in [6, 6.07) is 2.94. The van der Waals surface area contributed by atoms with Crippen molar-refractivity contribution in [2.45, 2.75) is 33.6 Å². The smallest absolute Gasteiger partial charge is 0.167 e. The Hall–Kier alpha value is -1.45. The van der Waals surface area contributed by atoms with Crippen molar-refractivity contribution >= 4 is 11.4 Å². The number of rotatable bonds is 7. The fourth-order valence-corrected chi connectivity index (χ4v) is 1.82. The number of ether oxygens (including phenoxy) is 1. The molecule has 0 unspecified atom stereocenters. The van der Waals surface area contributed by atoms with Crippen molar-refractivity contribution in [3.05, 3.63) is 17.9 Å². The summed E-state index contributed by atoms with van der Waals surface area (Å²) < 4.78 is 18.7. The number of nitrogens with two attached hydrogens (primary N) is 1. The first-order chi connectivity index (χ1) is 8.62. The third-order valence-electron chi connectivity index (χ3n) is 3.14. The first-order valence-corrected chi connectivity index (χ1v) is 6.57. The van der Waals surface area contributed by atoms with Gasteiger partial charge in [0.25, 0.3) is 0 Å². The Morgan fingerprint density at radius 2 is 1.94 bits per heavy atom. The van der Waals surface area contributed by atoms with E-state index in [0.29, 0.717) is 18.2 Å². The minimum absolute atomic E-state index is 0.249. The molecule has 3 N–H and O–H groups in total. The second kappa shape index (κ2) is 7.09. The lowest BCUT2D eigenvalue weighted by Crippen LogP contribution is -2.14. The predicted octanol–water partition coefficient (Wildman–Crippen LogP) is 3.65. The molecule has 0 aromatic heterocycles. The fraction of sp³-hybridized carbons (Fsp3) is 0.571. The lowest BCUT2D eigenvalue weighted by atomic mass is 10.0. The van der Waals surface area contributed by atoms with E-state index in [0.717, 1.165) is 25.1 Å². The number of anilines is 2. The SMILES string of the molecule is CCOc1cc(NCC(CC)CC)c(N)cc1F. The van der Waals surface area contributed by atoms with Crippen LogP contribution in [0.2, 0.25) is 0 Å². The van der Waals surface area contributed by atoms with Crippen molar-refractivity contribution in [2.75, 3.05) is 24.2 Å². The zero-order chi connectivity index (χ0) is 13.5. The average molecular weight is 254 g/mol. The molecule has 1 aromatic carbocycles. The quantitative estimate of drug-likeness (QED) is 0.730. The monoisotopic (exact) mass is 254 g/mol. The van der Waals surface area contributed by atoms with Gasteiger partial charge < -0.3 is 15.8 Å². The van der Waals surface area contributed by atoms with E-state index in [-0.39, 0.29) is 5.75 Å². The van der Waals surface area contributed by atoms with Crippen LogP contribution in [0.1, 0.15) is 33.6 Å². The maximum Gasteiger partial charge on any atom is 0.167 e. The molecular formula is C14H23FN2O. The highest BCUT2D eigenvalue weighted by Crippen LogP contribution is 2.28. The van der Waals surface area contributed by atoms with Gasteiger partial charge in [-0.2, -0.15) is 0 Å². The number of nitrogens with one attached hydrogen (secondary N) is 1. The largest absolute Gasteiger partial charge is 0.491 e. The van der Waals surface area contributed by atoms with E-state index in [4.69, 9.17) is 10.5 Å². The number of benzene rings is 1. The third kappa shape index (κ3) is 3.79. The van der Waals surface area contributed by atoms with Gasteiger partial charge in [-0.1, -0.05) is 26.7 Å². The summed E-state index contributed by atoms with van der Waals surface area (Å²) in [5.41, 5.74) is 6.96. The molecule has 0 bridgehead atoms. The third-order valence-corrected chi connectivity index (χ3v) is 3.14. The number of nitrogen functional groups attached to an aromatic ring is 1. The molecule has 0 aliphatic carbocycles. The van der Waals surface area contributed by atoms with Crippen molar-refractivity contribution in [3.63, 3.8) is 0 Å². The van der Waals surface area contributed by atoms with Gasteiger partial charge in [-0.15, -0.1) is 0 Å². The molecule has 0 heterocycles. The second-order valence-corrected chi connectivity index (χ2v) is 4.37. The Morgan fingerprint density at radius 3 is 2.50 bits per heavy atom. The molecule has 0 atom stereocenters. The first-order valence-electron chi connectivity index (χ1n) is 6.57. The fourth-order valence-electron chi connectivity index (χ4n) is 1.82. The van der Waals surface area contributed by atoms with Crippen LogP contribution in [0, 0.1) is 11.7 Å². The van der Waals surface area contributed by atoms with Gasteiger partial charge in [0.05, 0.1) is 18.0 Å². The Kier molecular flexibility index (Phi) is 5.75. The van der Waals surface area contributed by atoms with Crippen LogP contribution in [0.5, 0.6) is 5.75 Å². The van der Waals surface area contributed by atoms with Gasteiger partial charge in [-0.05, 0) is 12.8 Å². The molecule has 4 heteroatoms. The van der Waals surface area contributed by atoms with Crippen molar-refractivity contribution in [2.24, 2.45) is 5.92 Å². The van der Waals surface area contributed by atoms with E-state index < -0.39 is 5.82 Å². The molecule has 18 heavy (non-hydrogen) atoms. The van der Waals surface area contributed by atoms with E-state index in [1.807, 2.05) is 6.92 Å². The normalized spacial score (nSPS) is 10.7. The number of hydrogen-bond acceptors (Lipinski definition) is 3. The first kappa shape index (κ1) is 14.6. The van der Waals surface area contributed by atoms with E-state index in [2.05, 4.69) is 19.2 Å². The zero-order valence-electron chi connectivity index (χ0n) is 11.4. The topological polar surface area (TPSA) is 47.3 Å². The molecule has 1 aromatic rings. The highest BCUT2D eigenvalue weighted by Gasteiger charge is 2.10. The van der Waals surface area contributed by atoms with Gasteiger partial charge in [-0.3, -0.25) is 0 Å². The van der Waals surface area contributed by atoms with Crippen molar-refractivity contribution in [3.8, 4) is 5.75 Å². The molecule has 0 amide bonds. The molecule has 0 radical (unpaired) electrons. The average Bonchev–Trinajstić information content (AvgIpc) is 2.35. The molecule has 0 aliphatic heterocycles. The molecule has 1 rings (SSSR count). The number of halogens is 1. The van der Waals surface area contributed by atoms with Gasteiger partial charge >= 0.3 is 0 Å². The number of hydrogen-bond donors (Lipinski definition) is 2. The summed E-state index contributed by atoms with van der Waals surface area (Å²) in [6.07, 6.45) is 2.23. The lowest BCUT2D eigenvalue weighted by Gasteiger charge is -2.16. The van der Waals surface area contributed by atoms with Gasteiger partial charge in [0.2, 0.25) is 0 Å².